The fourth-order valence-electron chi connectivity index (χ4n) is 1.17. The van der Waals surface area contributed by atoms with Gasteiger partial charge in [-0.05, 0) is 24.3 Å². The van der Waals surface area contributed by atoms with Crippen LogP contribution in [-0.4, -0.2) is 16.2 Å². The number of carboxylic acids is 1. The molecule has 0 unspecified atom stereocenters. The Labute approximate surface area is 95.4 Å². The van der Waals surface area contributed by atoms with Crippen molar-refractivity contribution in [1.29, 1.82) is 0 Å². The minimum absolute atomic E-state index is 0.0336. The van der Waals surface area contributed by atoms with Crippen LogP contribution in [-0.2, 0) is 6.61 Å². The molecule has 0 bridgehead atoms. The summed E-state index contributed by atoms with van der Waals surface area (Å²) >= 11 is 0. The van der Waals surface area contributed by atoms with Crippen LogP contribution in [0, 0.1) is 5.82 Å². The molecule has 0 aliphatic heterocycles. The number of carboxylic acid groups (broad SMARTS) is 1. The minimum Gasteiger partial charge on any atom is -0.486 e. The third-order valence-electron chi connectivity index (χ3n) is 1.97. The second-order valence-corrected chi connectivity index (χ2v) is 3.23. The zero-order valence-corrected chi connectivity index (χ0v) is 8.59. The number of benzene rings is 1. The molecular formula is C11H8FNO4. The maximum atomic E-state index is 12.6. The maximum absolute atomic E-state index is 12.6. The fraction of sp³-hybridized carbons (Fsp3) is 0.0909. The van der Waals surface area contributed by atoms with E-state index in [4.69, 9.17) is 14.4 Å². The lowest BCUT2D eigenvalue weighted by Crippen LogP contribution is -1.96. The smallest absolute Gasteiger partial charge is 0.358 e. The van der Waals surface area contributed by atoms with Crippen molar-refractivity contribution in [1.82, 2.24) is 5.16 Å². The maximum Gasteiger partial charge on any atom is 0.358 e. The summed E-state index contributed by atoms with van der Waals surface area (Å²) in [4.78, 5) is 10.5. The zero-order valence-electron chi connectivity index (χ0n) is 8.59. The molecule has 0 spiro atoms. The summed E-state index contributed by atoms with van der Waals surface area (Å²) in [7, 11) is 0. The van der Waals surface area contributed by atoms with Crippen molar-refractivity contribution in [3.8, 4) is 5.75 Å². The average Bonchev–Trinajstić information content (AvgIpc) is 2.77. The number of aromatic carboxylic acids is 1. The van der Waals surface area contributed by atoms with E-state index in [1.807, 2.05) is 0 Å². The van der Waals surface area contributed by atoms with Crippen LogP contribution in [0.3, 0.4) is 0 Å². The minimum atomic E-state index is -1.17. The van der Waals surface area contributed by atoms with Crippen molar-refractivity contribution in [2.24, 2.45) is 0 Å². The molecule has 0 fully saturated rings. The topological polar surface area (TPSA) is 72.6 Å². The Morgan fingerprint density at radius 3 is 2.71 bits per heavy atom. The van der Waals surface area contributed by atoms with E-state index in [0.717, 1.165) is 0 Å². The number of aromatic nitrogens is 1. The van der Waals surface area contributed by atoms with E-state index in [2.05, 4.69) is 5.16 Å². The van der Waals surface area contributed by atoms with Crippen molar-refractivity contribution in [2.75, 3.05) is 0 Å². The Morgan fingerprint density at radius 2 is 2.12 bits per heavy atom. The summed E-state index contributed by atoms with van der Waals surface area (Å²) in [5, 5.41) is 11.9. The van der Waals surface area contributed by atoms with Crippen molar-refractivity contribution in [3.05, 3.63) is 47.6 Å². The van der Waals surface area contributed by atoms with E-state index in [1.165, 1.54) is 30.3 Å². The molecule has 0 amide bonds. The molecule has 2 rings (SSSR count). The van der Waals surface area contributed by atoms with Gasteiger partial charge in [-0.15, -0.1) is 0 Å². The second kappa shape index (κ2) is 4.65. The zero-order chi connectivity index (χ0) is 12.3. The lowest BCUT2D eigenvalue weighted by atomic mass is 10.3. The third-order valence-corrected chi connectivity index (χ3v) is 1.97. The quantitative estimate of drug-likeness (QED) is 0.881. The van der Waals surface area contributed by atoms with Gasteiger partial charge in [0.1, 0.15) is 18.2 Å². The Hall–Kier alpha value is -2.37. The molecule has 1 aromatic carbocycles. The van der Waals surface area contributed by atoms with Gasteiger partial charge in [0.25, 0.3) is 0 Å². The van der Waals surface area contributed by atoms with Crippen LogP contribution in [0.1, 0.15) is 16.2 Å². The van der Waals surface area contributed by atoms with E-state index >= 15 is 0 Å². The molecule has 1 N–H and O–H groups in total. The van der Waals surface area contributed by atoms with Crippen LogP contribution in [0.4, 0.5) is 4.39 Å². The molecule has 0 saturated carbocycles. The predicted octanol–water partition coefficient (Wildman–Crippen LogP) is 2.09. The lowest BCUT2D eigenvalue weighted by molar-refractivity contribution is 0.0685. The highest BCUT2D eigenvalue weighted by atomic mass is 19.1. The van der Waals surface area contributed by atoms with Gasteiger partial charge in [0, 0.05) is 6.07 Å². The van der Waals surface area contributed by atoms with Gasteiger partial charge in [0.05, 0.1) is 0 Å². The molecule has 88 valence electrons. The number of halogens is 1. The van der Waals surface area contributed by atoms with Crippen LogP contribution in [0.15, 0.2) is 34.9 Å². The summed E-state index contributed by atoms with van der Waals surface area (Å²) in [6.45, 7) is 0.0336. The summed E-state index contributed by atoms with van der Waals surface area (Å²) in [5.41, 5.74) is -0.178. The van der Waals surface area contributed by atoms with Crippen LogP contribution in [0.25, 0.3) is 0 Å². The lowest BCUT2D eigenvalue weighted by Gasteiger charge is -2.02. The number of carbonyl (C=O) groups is 1. The van der Waals surface area contributed by atoms with Crippen LogP contribution in [0.2, 0.25) is 0 Å². The van der Waals surface area contributed by atoms with Crippen LogP contribution >= 0.6 is 0 Å². The van der Waals surface area contributed by atoms with E-state index in [9.17, 15) is 9.18 Å². The van der Waals surface area contributed by atoms with Crippen LogP contribution in [0.5, 0.6) is 5.75 Å². The summed E-state index contributed by atoms with van der Waals surface area (Å²) < 4.78 is 22.6. The van der Waals surface area contributed by atoms with Crippen molar-refractivity contribution in [2.45, 2.75) is 6.61 Å². The Morgan fingerprint density at radius 1 is 1.41 bits per heavy atom. The number of rotatable bonds is 4. The SMILES string of the molecule is O=C(O)c1cc(COc2ccc(F)cc2)on1. The van der Waals surface area contributed by atoms with Crippen molar-refractivity contribution >= 4 is 5.97 Å². The average molecular weight is 237 g/mol. The molecular weight excluding hydrogens is 229 g/mol. The second-order valence-electron chi connectivity index (χ2n) is 3.23. The van der Waals surface area contributed by atoms with Gasteiger partial charge in [0.15, 0.2) is 11.5 Å². The molecule has 17 heavy (non-hydrogen) atoms. The van der Waals surface area contributed by atoms with Gasteiger partial charge >= 0.3 is 5.97 Å². The number of nitrogens with zero attached hydrogens (tertiary/aromatic N) is 1. The summed E-state index contributed by atoms with van der Waals surface area (Å²) in [6, 6.07) is 6.72. The summed E-state index contributed by atoms with van der Waals surface area (Å²) in [6.07, 6.45) is 0. The molecule has 0 aliphatic carbocycles. The van der Waals surface area contributed by atoms with Crippen LogP contribution < -0.4 is 4.74 Å². The highest BCUT2D eigenvalue weighted by Gasteiger charge is 2.10. The van der Waals surface area contributed by atoms with E-state index in [0.29, 0.717) is 5.75 Å². The highest BCUT2D eigenvalue weighted by molar-refractivity contribution is 5.85. The Bertz CT molecular complexity index is 521. The largest absolute Gasteiger partial charge is 0.486 e. The van der Waals surface area contributed by atoms with E-state index in [-0.39, 0.29) is 23.9 Å². The van der Waals surface area contributed by atoms with Gasteiger partial charge in [-0.2, -0.15) is 0 Å². The molecule has 0 saturated heterocycles. The molecule has 6 heteroatoms. The van der Waals surface area contributed by atoms with Gasteiger partial charge in [-0.1, -0.05) is 5.16 Å². The first-order valence-corrected chi connectivity index (χ1v) is 4.72. The summed E-state index contributed by atoms with van der Waals surface area (Å²) in [5.74, 6) is -0.779. The molecule has 0 aliphatic rings. The molecule has 1 aromatic heterocycles. The monoisotopic (exact) mass is 237 g/mol. The highest BCUT2D eigenvalue weighted by Crippen LogP contribution is 2.13. The number of hydrogen-bond acceptors (Lipinski definition) is 4. The molecule has 0 radical (unpaired) electrons. The molecule has 1 heterocycles. The molecule has 2 aromatic rings. The van der Waals surface area contributed by atoms with Gasteiger partial charge in [0.2, 0.25) is 0 Å². The Kier molecular flexibility index (Phi) is 3.04. The van der Waals surface area contributed by atoms with Gasteiger partial charge < -0.3 is 14.4 Å². The van der Waals surface area contributed by atoms with Crippen molar-refractivity contribution < 1.29 is 23.6 Å². The third kappa shape index (κ3) is 2.81. The Balaban J connectivity index is 1.97. The van der Waals surface area contributed by atoms with Gasteiger partial charge in [-0.3, -0.25) is 0 Å². The van der Waals surface area contributed by atoms with E-state index < -0.39 is 5.97 Å². The molecule has 0 atom stereocenters. The first kappa shape index (κ1) is 11.1. The molecule has 5 nitrogen and oxygen atoms in total. The van der Waals surface area contributed by atoms with Gasteiger partial charge in [-0.25, -0.2) is 9.18 Å². The van der Waals surface area contributed by atoms with E-state index in [1.54, 1.807) is 0 Å². The number of ether oxygens (including phenoxy) is 1. The predicted molar refractivity (Wildman–Crippen MR) is 54.2 cm³/mol. The first-order chi connectivity index (χ1) is 8.15. The standard InChI is InChI=1S/C11H8FNO4/c12-7-1-3-8(4-2-7)16-6-9-5-10(11(14)15)13-17-9/h1-5H,6H2,(H,14,15). The first-order valence-electron chi connectivity index (χ1n) is 4.72. The van der Waals surface area contributed by atoms with Crippen molar-refractivity contribution in [3.63, 3.8) is 0 Å². The fourth-order valence-corrected chi connectivity index (χ4v) is 1.17. The normalized spacial score (nSPS) is 10.2. The number of hydrogen-bond donors (Lipinski definition) is 1.